The molecule has 0 radical (unpaired) electrons. The van der Waals surface area contributed by atoms with Crippen LogP contribution in [0.2, 0.25) is 0 Å². The molecule has 1 aromatic carbocycles. The van der Waals surface area contributed by atoms with Gasteiger partial charge in [0.1, 0.15) is 0 Å². The Balaban J connectivity index is 2.65. The quantitative estimate of drug-likeness (QED) is 0.797. The van der Waals surface area contributed by atoms with Gasteiger partial charge in [-0.2, -0.15) is 0 Å². The van der Waals surface area contributed by atoms with Crippen LogP contribution in [-0.4, -0.2) is 17.6 Å². The Bertz CT molecular complexity index is 361. The Morgan fingerprint density at radius 2 is 2.13 bits per heavy atom. The molecule has 0 fully saturated rings. The summed E-state index contributed by atoms with van der Waals surface area (Å²) in [5, 5.41) is 11.9. The summed E-state index contributed by atoms with van der Waals surface area (Å²) in [4.78, 5) is 10.6. The number of benzene rings is 1. The van der Waals surface area contributed by atoms with Gasteiger partial charge in [0, 0.05) is 12.2 Å². The highest BCUT2D eigenvalue weighted by Gasteiger charge is 2.10. The number of hydrogen-bond acceptors (Lipinski definition) is 2. The minimum atomic E-state index is -0.771. The zero-order valence-corrected chi connectivity index (χ0v) is 9.37. The second kappa shape index (κ2) is 4.82. The van der Waals surface area contributed by atoms with Gasteiger partial charge < -0.3 is 10.4 Å². The van der Waals surface area contributed by atoms with Crippen molar-refractivity contribution >= 4 is 11.7 Å². The number of anilines is 1. The Kier molecular flexibility index (Phi) is 3.72. The maximum atomic E-state index is 10.6. The van der Waals surface area contributed by atoms with Crippen LogP contribution in [-0.2, 0) is 4.79 Å². The maximum Gasteiger partial charge on any atom is 0.308 e. The minimum Gasteiger partial charge on any atom is -0.481 e. The van der Waals surface area contributed by atoms with Crippen LogP contribution in [0.4, 0.5) is 5.69 Å². The molecule has 3 nitrogen and oxygen atoms in total. The first-order chi connectivity index (χ1) is 7.00. The van der Waals surface area contributed by atoms with Gasteiger partial charge in [0.05, 0.1) is 5.92 Å². The normalized spacial score (nSPS) is 12.2. The summed E-state index contributed by atoms with van der Waals surface area (Å²) in [6.07, 6.45) is 0. The van der Waals surface area contributed by atoms with E-state index in [2.05, 4.69) is 5.32 Å². The van der Waals surface area contributed by atoms with Gasteiger partial charge in [-0.15, -0.1) is 0 Å². The van der Waals surface area contributed by atoms with Gasteiger partial charge in [0.25, 0.3) is 0 Å². The van der Waals surface area contributed by atoms with Crippen LogP contribution in [0.15, 0.2) is 18.2 Å². The van der Waals surface area contributed by atoms with Crippen LogP contribution in [0.3, 0.4) is 0 Å². The van der Waals surface area contributed by atoms with E-state index in [1.807, 2.05) is 32.0 Å². The zero-order chi connectivity index (χ0) is 11.4. The first kappa shape index (κ1) is 11.6. The molecule has 0 saturated carbocycles. The van der Waals surface area contributed by atoms with Crippen molar-refractivity contribution in [3.8, 4) is 0 Å². The molecular formula is C12H17NO2. The lowest BCUT2D eigenvalue weighted by Gasteiger charge is -2.12. The van der Waals surface area contributed by atoms with Gasteiger partial charge in [0.2, 0.25) is 0 Å². The molecule has 0 heterocycles. The van der Waals surface area contributed by atoms with Crippen molar-refractivity contribution in [2.75, 3.05) is 11.9 Å². The summed E-state index contributed by atoms with van der Waals surface area (Å²) in [7, 11) is 0. The van der Waals surface area contributed by atoms with Gasteiger partial charge in [-0.1, -0.05) is 19.1 Å². The van der Waals surface area contributed by atoms with Gasteiger partial charge >= 0.3 is 5.97 Å². The summed E-state index contributed by atoms with van der Waals surface area (Å²) in [6, 6.07) is 6.11. The van der Waals surface area contributed by atoms with Crippen LogP contribution in [0.1, 0.15) is 18.1 Å². The number of aryl methyl sites for hydroxylation is 2. The van der Waals surface area contributed by atoms with Gasteiger partial charge in [-0.3, -0.25) is 4.79 Å². The third-order valence-electron chi connectivity index (χ3n) is 2.41. The van der Waals surface area contributed by atoms with E-state index in [0.29, 0.717) is 6.54 Å². The number of aliphatic carboxylic acids is 1. The molecule has 0 aliphatic carbocycles. The number of carboxylic acids is 1. The molecule has 1 rings (SSSR count). The van der Waals surface area contributed by atoms with Gasteiger partial charge in [0.15, 0.2) is 0 Å². The van der Waals surface area contributed by atoms with Crippen molar-refractivity contribution in [3.05, 3.63) is 29.3 Å². The Labute approximate surface area is 90.1 Å². The van der Waals surface area contributed by atoms with E-state index in [9.17, 15) is 4.79 Å². The smallest absolute Gasteiger partial charge is 0.308 e. The molecule has 0 aromatic heterocycles. The minimum absolute atomic E-state index is 0.370. The van der Waals surface area contributed by atoms with Crippen molar-refractivity contribution in [2.24, 2.45) is 5.92 Å². The average molecular weight is 207 g/mol. The van der Waals surface area contributed by atoms with Crippen LogP contribution >= 0.6 is 0 Å². The van der Waals surface area contributed by atoms with E-state index in [4.69, 9.17) is 5.11 Å². The molecule has 3 heteroatoms. The molecule has 0 saturated heterocycles. The molecule has 0 amide bonds. The van der Waals surface area contributed by atoms with Crippen molar-refractivity contribution in [1.29, 1.82) is 0 Å². The van der Waals surface area contributed by atoms with Crippen LogP contribution < -0.4 is 5.32 Å². The molecule has 1 atom stereocenters. The van der Waals surface area contributed by atoms with Crippen LogP contribution in [0, 0.1) is 19.8 Å². The summed E-state index contributed by atoms with van der Waals surface area (Å²) >= 11 is 0. The predicted molar refractivity (Wildman–Crippen MR) is 61.2 cm³/mol. The monoisotopic (exact) mass is 207 g/mol. The maximum absolute atomic E-state index is 10.6. The molecule has 0 spiro atoms. The van der Waals surface area contributed by atoms with Crippen molar-refractivity contribution in [3.63, 3.8) is 0 Å². The van der Waals surface area contributed by atoms with Crippen LogP contribution in [0.25, 0.3) is 0 Å². The molecule has 1 aromatic rings. The van der Waals surface area contributed by atoms with E-state index in [1.165, 1.54) is 5.56 Å². The van der Waals surface area contributed by atoms with Crippen LogP contribution in [0.5, 0.6) is 0 Å². The largest absolute Gasteiger partial charge is 0.481 e. The highest BCUT2D eigenvalue weighted by molar-refractivity contribution is 5.70. The lowest BCUT2D eigenvalue weighted by atomic mass is 10.1. The molecule has 15 heavy (non-hydrogen) atoms. The van der Waals surface area contributed by atoms with Crippen molar-refractivity contribution in [2.45, 2.75) is 20.8 Å². The van der Waals surface area contributed by atoms with Crippen molar-refractivity contribution < 1.29 is 9.90 Å². The second-order valence-corrected chi connectivity index (χ2v) is 3.94. The first-order valence-electron chi connectivity index (χ1n) is 5.04. The highest BCUT2D eigenvalue weighted by Crippen LogP contribution is 2.16. The number of carboxylic acid groups (broad SMARTS) is 1. The molecule has 0 aliphatic heterocycles. The van der Waals surface area contributed by atoms with Gasteiger partial charge in [-0.25, -0.2) is 0 Å². The Hall–Kier alpha value is -1.51. The number of nitrogens with one attached hydrogen (secondary N) is 1. The average Bonchev–Trinajstić information content (AvgIpc) is 2.18. The molecule has 82 valence electrons. The third-order valence-corrected chi connectivity index (χ3v) is 2.41. The number of hydrogen-bond donors (Lipinski definition) is 2. The fourth-order valence-electron chi connectivity index (χ4n) is 1.28. The van der Waals surface area contributed by atoms with Gasteiger partial charge in [-0.05, 0) is 31.0 Å². The highest BCUT2D eigenvalue weighted by atomic mass is 16.4. The van der Waals surface area contributed by atoms with E-state index in [0.717, 1.165) is 11.3 Å². The summed E-state index contributed by atoms with van der Waals surface area (Å²) in [5.41, 5.74) is 3.33. The second-order valence-electron chi connectivity index (χ2n) is 3.94. The summed E-state index contributed by atoms with van der Waals surface area (Å²) in [5.74, 6) is -1.14. The van der Waals surface area contributed by atoms with E-state index >= 15 is 0 Å². The molecular weight excluding hydrogens is 190 g/mol. The molecule has 1 unspecified atom stereocenters. The molecule has 0 aliphatic rings. The fraction of sp³-hybridized carbons (Fsp3) is 0.417. The lowest BCUT2D eigenvalue weighted by molar-refractivity contribution is -0.140. The first-order valence-corrected chi connectivity index (χ1v) is 5.04. The lowest BCUT2D eigenvalue weighted by Crippen LogP contribution is -2.19. The van der Waals surface area contributed by atoms with E-state index in [1.54, 1.807) is 6.92 Å². The predicted octanol–water partition coefficient (Wildman–Crippen LogP) is 2.44. The Morgan fingerprint density at radius 3 is 2.73 bits per heavy atom. The molecule has 0 bridgehead atoms. The number of rotatable bonds is 4. The Morgan fingerprint density at radius 1 is 1.47 bits per heavy atom. The standard InChI is InChI=1S/C12H17NO2/c1-8-4-5-9(2)11(6-8)13-7-10(3)12(14)15/h4-6,10,13H,7H2,1-3H3,(H,14,15). The SMILES string of the molecule is Cc1ccc(C)c(NCC(C)C(=O)O)c1. The third kappa shape index (κ3) is 3.27. The van der Waals surface area contributed by atoms with Crippen molar-refractivity contribution in [1.82, 2.24) is 0 Å². The topological polar surface area (TPSA) is 49.3 Å². The summed E-state index contributed by atoms with van der Waals surface area (Å²) < 4.78 is 0. The molecule has 2 N–H and O–H groups in total. The van der Waals surface area contributed by atoms with E-state index in [-0.39, 0.29) is 5.92 Å². The summed E-state index contributed by atoms with van der Waals surface area (Å²) in [6.45, 7) is 6.18. The van der Waals surface area contributed by atoms with E-state index < -0.39 is 5.97 Å². The fourth-order valence-corrected chi connectivity index (χ4v) is 1.28. The zero-order valence-electron chi connectivity index (χ0n) is 9.37. The number of carbonyl (C=O) groups is 1.